The molecule has 4 nitrogen and oxygen atoms in total. The highest BCUT2D eigenvalue weighted by Gasteiger charge is 2.16. The number of carbonyl (C=O) groups excluding carboxylic acids is 1. The maximum Gasteiger partial charge on any atom is 0.240 e. The van der Waals surface area contributed by atoms with Gasteiger partial charge >= 0.3 is 0 Å². The number of amides is 1. The maximum absolute atomic E-state index is 13.7. The van der Waals surface area contributed by atoms with Gasteiger partial charge in [-0.3, -0.25) is 4.79 Å². The van der Waals surface area contributed by atoms with Gasteiger partial charge in [0.1, 0.15) is 12.4 Å². The van der Waals surface area contributed by atoms with E-state index < -0.39 is 0 Å². The Bertz CT molecular complexity index is 730. The fourth-order valence-electron chi connectivity index (χ4n) is 1.91. The third-order valence-corrected chi connectivity index (χ3v) is 3.78. The van der Waals surface area contributed by atoms with E-state index in [2.05, 4.69) is 10.3 Å². The normalized spacial score (nSPS) is 11.8. The lowest BCUT2D eigenvalue weighted by Crippen LogP contribution is -2.42. The Morgan fingerprint density at radius 3 is 2.75 bits per heavy atom. The van der Waals surface area contributed by atoms with E-state index in [1.54, 1.807) is 10.6 Å². The van der Waals surface area contributed by atoms with Gasteiger partial charge in [0.15, 0.2) is 4.77 Å². The minimum Gasteiger partial charge on any atom is -0.350 e. The van der Waals surface area contributed by atoms with E-state index in [1.807, 2.05) is 43.4 Å². The molecule has 7 heteroatoms. The Morgan fingerprint density at radius 1 is 1.50 bits per heavy atom. The lowest BCUT2D eigenvalue weighted by Gasteiger charge is -2.20. The standard InChI is InChI=1S/C13H15FIN3OS/c1-13(2,3)17-11(19)6-18-10-4-7(14)8(15)5-9(10)16-12(18)20/h4-5H,6H2,1-3H3,(H,16,20)(H,17,19). The zero-order valence-electron chi connectivity index (χ0n) is 11.4. The Morgan fingerprint density at radius 2 is 2.15 bits per heavy atom. The van der Waals surface area contributed by atoms with Crippen LogP contribution in [0.5, 0.6) is 0 Å². The first-order valence-corrected chi connectivity index (χ1v) is 7.54. The van der Waals surface area contributed by atoms with E-state index in [9.17, 15) is 9.18 Å². The number of aromatic amines is 1. The summed E-state index contributed by atoms with van der Waals surface area (Å²) in [6.45, 7) is 5.78. The van der Waals surface area contributed by atoms with Crippen LogP contribution in [0.4, 0.5) is 4.39 Å². The first-order chi connectivity index (χ1) is 9.17. The van der Waals surface area contributed by atoms with Crippen molar-refractivity contribution in [2.24, 2.45) is 0 Å². The smallest absolute Gasteiger partial charge is 0.240 e. The average molecular weight is 407 g/mol. The number of imidazole rings is 1. The second-order valence-electron chi connectivity index (χ2n) is 5.60. The maximum atomic E-state index is 13.7. The third kappa shape index (κ3) is 3.38. The van der Waals surface area contributed by atoms with Gasteiger partial charge in [0.05, 0.1) is 14.6 Å². The molecular weight excluding hydrogens is 392 g/mol. The minimum absolute atomic E-state index is 0.0656. The molecule has 2 rings (SSSR count). The minimum atomic E-state index is -0.322. The summed E-state index contributed by atoms with van der Waals surface area (Å²) in [5.41, 5.74) is 1.01. The van der Waals surface area contributed by atoms with E-state index in [0.29, 0.717) is 13.9 Å². The number of rotatable bonds is 2. The predicted molar refractivity (Wildman–Crippen MR) is 87.7 cm³/mol. The Balaban J connectivity index is 2.40. The fraction of sp³-hybridized carbons (Fsp3) is 0.385. The van der Waals surface area contributed by atoms with Gasteiger partial charge in [0.2, 0.25) is 5.91 Å². The molecule has 0 aliphatic heterocycles. The van der Waals surface area contributed by atoms with Gasteiger partial charge in [-0.25, -0.2) is 4.39 Å². The largest absolute Gasteiger partial charge is 0.350 e. The molecule has 0 radical (unpaired) electrons. The van der Waals surface area contributed by atoms with Crippen LogP contribution in [0.2, 0.25) is 0 Å². The van der Waals surface area contributed by atoms with E-state index in [4.69, 9.17) is 12.2 Å². The number of hydrogen-bond donors (Lipinski definition) is 2. The third-order valence-electron chi connectivity index (χ3n) is 2.63. The summed E-state index contributed by atoms with van der Waals surface area (Å²) in [6, 6.07) is 3.08. The van der Waals surface area contributed by atoms with E-state index in [1.165, 1.54) is 6.07 Å². The van der Waals surface area contributed by atoms with Crippen molar-refractivity contribution in [2.75, 3.05) is 0 Å². The van der Waals surface area contributed by atoms with Crippen LogP contribution in [0.1, 0.15) is 20.8 Å². The SMILES string of the molecule is CC(C)(C)NC(=O)Cn1c(=S)[nH]c2cc(I)c(F)cc21. The summed E-state index contributed by atoms with van der Waals surface area (Å²) in [6.07, 6.45) is 0. The number of hydrogen-bond acceptors (Lipinski definition) is 2. The Labute approximate surface area is 134 Å². The fourth-order valence-corrected chi connectivity index (χ4v) is 2.65. The number of nitrogens with zero attached hydrogens (tertiary/aromatic N) is 1. The van der Waals surface area contributed by atoms with Gasteiger partial charge in [0.25, 0.3) is 0 Å². The number of halogens is 2. The molecule has 2 N–H and O–H groups in total. The molecule has 2 aromatic rings. The second-order valence-corrected chi connectivity index (χ2v) is 7.15. The molecule has 0 spiro atoms. The summed E-state index contributed by atoms with van der Waals surface area (Å²) >= 11 is 7.12. The van der Waals surface area contributed by atoms with Crippen molar-refractivity contribution in [1.29, 1.82) is 0 Å². The molecule has 1 aromatic heterocycles. The van der Waals surface area contributed by atoms with Crippen molar-refractivity contribution >= 4 is 51.7 Å². The van der Waals surface area contributed by atoms with Gasteiger partial charge in [-0.05, 0) is 61.6 Å². The molecule has 1 aromatic carbocycles. The van der Waals surface area contributed by atoms with Crippen molar-refractivity contribution in [1.82, 2.24) is 14.9 Å². The van der Waals surface area contributed by atoms with E-state index >= 15 is 0 Å². The van der Waals surface area contributed by atoms with Crippen LogP contribution in [0.3, 0.4) is 0 Å². The first-order valence-electron chi connectivity index (χ1n) is 6.06. The molecule has 0 bridgehead atoms. The van der Waals surface area contributed by atoms with Crippen LogP contribution in [-0.4, -0.2) is 21.0 Å². The van der Waals surface area contributed by atoms with E-state index in [0.717, 1.165) is 5.52 Å². The van der Waals surface area contributed by atoms with Crippen LogP contribution >= 0.6 is 34.8 Å². The molecule has 0 fully saturated rings. The molecule has 1 amide bonds. The summed E-state index contributed by atoms with van der Waals surface area (Å²) in [4.78, 5) is 15.0. The molecule has 0 aliphatic rings. The van der Waals surface area contributed by atoms with Crippen LogP contribution in [0, 0.1) is 14.2 Å². The zero-order chi connectivity index (χ0) is 15.1. The summed E-state index contributed by atoms with van der Waals surface area (Å²) in [5.74, 6) is -0.481. The van der Waals surface area contributed by atoms with E-state index in [-0.39, 0.29) is 23.8 Å². The number of H-pyrrole nitrogens is 1. The highest BCUT2D eigenvalue weighted by atomic mass is 127. The molecule has 0 unspecified atom stereocenters. The average Bonchev–Trinajstić information content (AvgIpc) is 2.54. The van der Waals surface area contributed by atoms with Gasteiger partial charge in [-0.1, -0.05) is 0 Å². The zero-order valence-corrected chi connectivity index (χ0v) is 14.4. The van der Waals surface area contributed by atoms with Crippen molar-refractivity contribution < 1.29 is 9.18 Å². The molecular formula is C13H15FIN3OS. The lowest BCUT2D eigenvalue weighted by molar-refractivity contribution is -0.123. The number of carbonyl (C=O) groups is 1. The summed E-state index contributed by atoms with van der Waals surface area (Å²) in [5, 5.41) is 2.86. The number of fused-ring (bicyclic) bond motifs is 1. The Kier molecular flexibility index (Phi) is 4.19. The van der Waals surface area contributed by atoms with Crippen LogP contribution < -0.4 is 5.32 Å². The van der Waals surface area contributed by atoms with Gasteiger partial charge in [-0.15, -0.1) is 0 Å². The van der Waals surface area contributed by atoms with Gasteiger partial charge in [0, 0.05) is 11.6 Å². The molecule has 108 valence electrons. The van der Waals surface area contributed by atoms with Crippen LogP contribution in [-0.2, 0) is 11.3 Å². The first kappa shape index (κ1) is 15.4. The summed E-state index contributed by atoms with van der Waals surface area (Å²) in [7, 11) is 0. The monoisotopic (exact) mass is 407 g/mol. The molecule has 0 atom stereocenters. The highest BCUT2D eigenvalue weighted by molar-refractivity contribution is 14.1. The number of nitrogens with one attached hydrogen (secondary N) is 2. The van der Waals surface area contributed by atoms with Gasteiger partial charge in [-0.2, -0.15) is 0 Å². The van der Waals surface area contributed by atoms with Crippen LogP contribution in [0.25, 0.3) is 11.0 Å². The topological polar surface area (TPSA) is 49.8 Å². The number of aromatic nitrogens is 2. The second kappa shape index (κ2) is 5.44. The Hall–Kier alpha value is -0.960. The van der Waals surface area contributed by atoms with Crippen molar-refractivity contribution in [3.63, 3.8) is 0 Å². The molecule has 0 saturated carbocycles. The van der Waals surface area contributed by atoms with Crippen molar-refractivity contribution in [3.05, 3.63) is 26.3 Å². The van der Waals surface area contributed by atoms with Crippen molar-refractivity contribution in [3.8, 4) is 0 Å². The van der Waals surface area contributed by atoms with Gasteiger partial charge < -0.3 is 14.9 Å². The molecule has 0 aliphatic carbocycles. The highest BCUT2D eigenvalue weighted by Crippen LogP contribution is 2.20. The van der Waals surface area contributed by atoms with Crippen molar-refractivity contribution in [2.45, 2.75) is 32.9 Å². The molecule has 0 saturated heterocycles. The molecule has 20 heavy (non-hydrogen) atoms. The number of benzene rings is 1. The summed E-state index contributed by atoms with van der Waals surface area (Å²) < 4.78 is 16.2. The molecule has 1 heterocycles. The van der Waals surface area contributed by atoms with Crippen LogP contribution in [0.15, 0.2) is 12.1 Å². The quantitative estimate of drug-likeness (QED) is 0.593. The predicted octanol–water partition coefficient (Wildman–Crippen LogP) is 3.36. The lowest BCUT2D eigenvalue weighted by atomic mass is 10.1.